The highest BCUT2D eigenvalue weighted by Gasteiger charge is 2.15. The minimum absolute atomic E-state index is 0.0778. The lowest BCUT2D eigenvalue weighted by Crippen LogP contribution is -2.22. The maximum atomic E-state index is 11.7. The van der Waals surface area contributed by atoms with Gasteiger partial charge in [-0.15, -0.1) is 0 Å². The molecule has 0 spiro atoms. The fourth-order valence-corrected chi connectivity index (χ4v) is 2.27. The summed E-state index contributed by atoms with van der Waals surface area (Å²) in [5, 5.41) is 6.64. The molecular formula is C19H22N2O3. The lowest BCUT2D eigenvalue weighted by Gasteiger charge is -2.14. The van der Waals surface area contributed by atoms with E-state index in [0.717, 1.165) is 22.3 Å². The molecule has 1 amide bonds. The van der Waals surface area contributed by atoms with E-state index < -0.39 is 0 Å². The van der Waals surface area contributed by atoms with Crippen LogP contribution in [0, 0.1) is 13.8 Å². The first-order valence-corrected chi connectivity index (χ1v) is 7.70. The minimum Gasteiger partial charge on any atom is -0.436 e. The molecule has 5 heteroatoms. The molecule has 0 radical (unpaired) electrons. The van der Waals surface area contributed by atoms with Crippen LogP contribution in [0.25, 0.3) is 0 Å². The van der Waals surface area contributed by atoms with Gasteiger partial charge in [-0.25, -0.2) is 0 Å². The highest BCUT2D eigenvalue weighted by Crippen LogP contribution is 2.22. The van der Waals surface area contributed by atoms with Crippen LogP contribution in [0.3, 0.4) is 0 Å². The average Bonchev–Trinajstić information content (AvgIpc) is 2.58. The number of carbonyl (C=O) groups excluding carboxylic acids is 1. The van der Waals surface area contributed by atoms with E-state index >= 15 is 0 Å². The minimum atomic E-state index is -0.0778. The predicted molar refractivity (Wildman–Crippen MR) is 94.3 cm³/mol. The summed E-state index contributed by atoms with van der Waals surface area (Å²) in [6, 6.07) is 13.5. The van der Waals surface area contributed by atoms with Gasteiger partial charge in [0, 0.05) is 12.6 Å². The number of carbonyl (C=O) groups is 1. The summed E-state index contributed by atoms with van der Waals surface area (Å²) in [5.41, 5.74) is 3.63. The number of likely N-dealkylation sites (N-methyl/N-ethyl adjacent to an activating group) is 1. The van der Waals surface area contributed by atoms with Crippen molar-refractivity contribution in [1.82, 2.24) is 5.32 Å². The summed E-state index contributed by atoms with van der Waals surface area (Å²) in [5.74, 6) is 0.956. The first-order chi connectivity index (χ1) is 11.5. The summed E-state index contributed by atoms with van der Waals surface area (Å²) in [7, 11) is 3.08. The zero-order valence-electron chi connectivity index (χ0n) is 14.4. The first-order valence-electron chi connectivity index (χ1n) is 7.70. The summed E-state index contributed by atoms with van der Waals surface area (Å²) < 4.78 is 6.00. The molecule has 2 rings (SSSR count). The number of hydrogen-bond acceptors (Lipinski definition) is 4. The maximum absolute atomic E-state index is 11.7. The fraction of sp³-hybridized carbons (Fsp3) is 0.263. The number of ether oxygens (including phenoxy) is 1. The van der Waals surface area contributed by atoms with Crippen molar-refractivity contribution < 1.29 is 14.4 Å². The Hall–Kier alpha value is -2.82. The van der Waals surface area contributed by atoms with Gasteiger partial charge >= 0.3 is 0 Å². The Morgan fingerprint density at radius 1 is 1.17 bits per heavy atom. The molecule has 0 aliphatic heterocycles. The number of oxime groups is 1. The van der Waals surface area contributed by atoms with Crippen LogP contribution < -0.4 is 10.1 Å². The van der Waals surface area contributed by atoms with E-state index in [9.17, 15) is 4.79 Å². The van der Waals surface area contributed by atoms with E-state index in [4.69, 9.17) is 9.57 Å². The van der Waals surface area contributed by atoms with E-state index in [1.165, 1.54) is 7.11 Å². The van der Waals surface area contributed by atoms with Crippen LogP contribution >= 0.6 is 0 Å². The van der Waals surface area contributed by atoms with Crippen LogP contribution in [0.1, 0.15) is 22.3 Å². The predicted octanol–water partition coefficient (Wildman–Crippen LogP) is 2.98. The molecule has 24 heavy (non-hydrogen) atoms. The zero-order valence-corrected chi connectivity index (χ0v) is 14.4. The van der Waals surface area contributed by atoms with Gasteiger partial charge in [-0.2, -0.15) is 0 Å². The lowest BCUT2D eigenvalue weighted by molar-refractivity contribution is -0.119. The van der Waals surface area contributed by atoms with Gasteiger partial charge in [0.05, 0.1) is 6.42 Å². The van der Waals surface area contributed by atoms with Crippen LogP contribution in [-0.4, -0.2) is 26.0 Å². The summed E-state index contributed by atoms with van der Waals surface area (Å²) in [4.78, 5) is 16.7. The molecule has 2 aromatic rings. The molecule has 0 fully saturated rings. The number of amides is 1. The van der Waals surface area contributed by atoms with Crippen molar-refractivity contribution in [2.75, 3.05) is 14.2 Å². The molecule has 0 bridgehead atoms. The van der Waals surface area contributed by atoms with Gasteiger partial charge in [-0.05, 0) is 47.8 Å². The molecule has 0 atom stereocenters. The van der Waals surface area contributed by atoms with Crippen molar-refractivity contribution in [1.29, 1.82) is 0 Å². The third kappa shape index (κ3) is 4.35. The van der Waals surface area contributed by atoms with Crippen molar-refractivity contribution in [2.45, 2.75) is 20.3 Å². The molecule has 0 heterocycles. The van der Waals surface area contributed by atoms with E-state index in [0.29, 0.717) is 11.6 Å². The summed E-state index contributed by atoms with van der Waals surface area (Å²) >= 11 is 0. The van der Waals surface area contributed by atoms with Crippen molar-refractivity contribution in [3.05, 3.63) is 64.7 Å². The topological polar surface area (TPSA) is 59.9 Å². The fourth-order valence-electron chi connectivity index (χ4n) is 2.27. The second-order valence-corrected chi connectivity index (χ2v) is 5.46. The lowest BCUT2D eigenvalue weighted by atomic mass is 10.0. The van der Waals surface area contributed by atoms with Crippen LogP contribution in [0.4, 0.5) is 0 Å². The number of rotatable bonds is 5. The van der Waals surface area contributed by atoms with Crippen molar-refractivity contribution >= 4 is 11.8 Å². The van der Waals surface area contributed by atoms with Crippen LogP contribution in [0.5, 0.6) is 5.75 Å². The third-order valence-electron chi connectivity index (χ3n) is 3.60. The van der Waals surface area contributed by atoms with E-state index in [-0.39, 0.29) is 12.3 Å². The zero-order chi connectivity index (χ0) is 17.5. The molecule has 0 saturated heterocycles. The highest BCUT2D eigenvalue weighted by molar-refractivity contribution is 5.98. The van der Waals surface area contributed by atoms with Gasteiger partial charge in [-0.3, -0.25) is 4.79 Å². The van der Waals surface area contributed by atoms with E-state index in [1.54, 1.807) is 7.05 Å². The van der Waals surface area contributed by atoms with Gasteiger partial charge < -0.3 is 14.9 Å². The Bertz CT molecular complexity index is 754. The average molecular weight is 326 g/mol. The number of nitrogens with one attached hydrogen (secondary N) is 1. The van der Waals surface area contributed by atoms with Crippen molar-refractivity contribution in [3.8, 4) is 5.75 Å². The third-order valence-corrected chi connectivity index (χ3v) is 3.60. The van der Waals surface area contributed by atoms with Crippen LogP contribution in [0.15, 0.2) is 47.6 Å². The van der Waals surface area contributed by atoms with E-state index in [1.807, 2.05) is 56.3 Å². The van der Waals surface area contributed by atoms with Crippen molar-refractivity contribution in [2.24, 2.45) is 5.16 Å². The second-order valence-electron chi connectivity index (χ2n) is 5.46. The van der Waals surface area contributed by atoms with Crippen molar-refractivity contribution in [3.63, 3.8) is 0 Å². The standard InChI is InChI=1S/C19H22N2O3/c1-13-9-10-14(2)17(11-13)24-19(21-23-4)16-8-6-5-7-15(16)12-18(22)20-3/h5-11H,12H2,1-4H3,(H,20,22)/b21-19-. The normalized spacial score (nSPS) is 11.1. The van der Waals surface area contributed by atoms with Crippen LogP contribution in [0.2, 0.25) is 0 Å². The molecule has 0 unspecified atom stereocenters. The van der Waals surface area contributed by atoms with Gasteiger partial charge in [0.15, 0.2) is 0 Å². The Morgan fingerprint density at radius 3 is 2.62 bits per heavy atom. The smallest absolute Gasteiger partial charge is 0.263 e. The molecule has 0 aliphatic rings. The maximum Gasteiger partial charge on any atom is 0.263 e. The molecule has 0 aromatic heterocycles. The van der Waals surface area contributed by atoms with Gasteiger partial charge in [0.25, 0.3) is 5.90 Å². The van der Waals surface area contributed by atoms with Crippen LogP contribution in [-0.2, 0) is 16.1 Å². The Morgan fingerprint density at radius 2 is 1.92 bits per heavy atom. The molecule has 2 aromatic carbocycles. The molecule has 1 N–H and O–H groups in total. The number of aryl methyl sites for hydroxylation is 2. The summed E-state index contributed by atoms with van der Waals surface area (Å²) in [6.45, 7) is 3.97. The molecule has 0 saturated carbocycles. The number of nitrogens with zero attached hydrogens (tertiary/aromatic N) is 1. The number of hydrogen-bond donors (Lipinski definition) is 1. The molecule has 126 valence electrons. The second kappa shape index (κ2) is 8.15. The Balaban J connectivity index is 2.40. The van der Waals surface area contributed by atoms with E-state index in [2.05, 4.69) is 10.5 Å². The van der Waals surface area contributed by atoms with Gasteiger partial charge in [0.2, 0.25) is 5.91 Å². The quantitative estimate of drug-likeness (QED) is 0.522. The highest BCUT2D eigenvalue weighted by atomic mass is 16.6. The number of benzene rings is 2. The molecule has 0 aliphatic carbocycles. The Labute approximate surface area is 142 Å². The summed E-state index contributed by atoms with van der Waals surface area (Å²) in [6.07, 6.45) is 0.242. The Kier molecular flexibility index (Phi) is 5.95. The van der Waals surface area contributed by atoms with Gasteiger partial charge in [-0.1, -0.05) is 30.3 Å². The molecule has 5 nitrogen and oxygen atoms in total. The SMILES string of the molecule is CNC(=O)Cc1ccccc1/C(=N/OC)Oc1cc(C)ccc1C. The molecular weight excluding hydrogens is 304 g/mol. The van der Waals surface area contributed by atoms with Gasteiger partial charge in [0.1, 0.15) is 12.9 Å². The first kappa shape index (κ1) is 17.5. The monoisotopic (exact) mass is 326 g/mol. The largest absolute Gasteiger partial charge is 0.436 e.